The van der Waals surface area contributed by atoms with Crippen LogP contribution in [0.2, 0.25) is 0 Å². The number of hydrogen-bond acceptors (Lipinski definition) is 2. The van der Waals surface area contributed by atoms with Gasteiger partial charge in [-0.1, -0.05) is 60.7 Å². The first kappa shape index (κ1) is 16.4. The normalized spacial score (nSPS) is 12.6. The van der Waals surface area contributed by atoms with Crippen LogP contribution in [-0.4, -0.2) is 10.2 Å². The lowest BCUT2D eigenvalue weighted by molar-refractivity contribution is 0.487. The molecule has 32 heavy (non-hydrogen) atoms. The Morgan fingerprint density at radius 3 is 1.19 bits per heavy atom. The summed E-state index contributed by atoms with van der Waals surface area (Å²) in [5, 5.41) is 37.1. The van der Waals surface area contributed by atoms with Gasteiger partial charge in [-0.3, -0.25) is 0 Å². The zero-order chi connectivity index (χ0) is 21.1. The van der Waals surface area contributed by atoms with Crippen molar-refractivity contribution in [2.75, 3.05) is 0 Å². The minimum Gasteiger partial charge on any atom is -0.507 e. The Labute approximate surface area is 182 Å². The fraction of sp³-hybridized carbons (Fsp3) is 0. The molecule has 0 saturated heterocycles. The zero-order valence-corrected chi connectivity index (χ0v) is 17.0. The quantitative estimate of drug-likeness (QED) is 0.197. The third-order valence-corrected chi connectivity index (χ3v) is 7.32. The summed E-state index contributed by atoms with van der Waals surface area (Å²) in [4.78, 5) is 0. The topological polar surface area (TPSA) is 40.5 Å². The molecule has 0 unspecified atom stereocenters. The maximum absolute atomic E-state index is 11.2. The molecule has 0 atom stereocenters. The fourth-order valence-electron chi connectivity index (χ4n) is 5.99. The van der Waals surface area contributed by atoms with Gasteiger partial charge in [0.05, 0.1) is 0 Å². The molecule has 2 N–H and O–H groups in total. The lowest BCUT2D eigenvalue weighted by Crippen LogP contribution is -1.92. The summed E-state index contributed by atoms with van der Waals surface area (Å²) in [6.07, 6.45) is 0. The van der Waals surface area contributed by atoms with E-state index < -0.39 is 0 Å². The predicted octanol–water partition coefficient (Wildman–Crippen LogP) is 8.05. The Morgan fingerprint density at radius 2 is 0.750 bits per heavy atom. The van der Waals surface area contributed by atoms with Crippen molar-refractivity contribution >= 4 is 75.4 Å². The minimum absolute atomic E-state index is 0.332. The number of aromatic hydroxyl groups is 2. The van der Waals surface area contributed by atoms with E-state index in [-0.39, 0.29) is 0 Å². The van der Waals surface area contributed by atoms with Crippen LogP contribution in [0.5, 0.6) is 11.5 Å². The first-order valence-electron chi connectivity index (χ1n) is 10.8. The average molecular weight is 408 g/mol. The Balaban J connectivity index is 1.79. The van der Waals surface area contributed by atoms with Crippen LogP contribution >= 0.6 is 0 Å². The molecule has 0 spiro atoms. The first-order chi connectivity index (χ1) is 15.7. The average Bonchev–Trinajstić information content (AvgIpc) is 2.85. The van der Waals surface area contributed by atoms with Gasteiger partial charge in [0.25, 0.3) is 0 Å². The van der Waals surface area contributed by atoms with Crippen LogP contribution in [0.4, 0.5) is 0 Å². The molecule has 0 radical (unpaired) electrons. The van der Waals surface area contributed by atoms with Gasteiger partial charge in [0, 0.05) is 32.3 Å². The largest absolute Gasteiger partial charge is 0.507 e. The van der Waals surface area contributed by atoms with E-state index in [0.29, 0.717) is 11.5 Å². The lowest BCUT2D eigenvalue weighted by Gasteiger charge is -2.20. The molecule has 8 aromatic rings. The van der Waals surface area contributed by atoms with Gasteiger partial charge in [-0.25, -0.2) is 0 Å². The van der Waals surface area contributed by atoms with Crippen molar-refractivity contribution in [3.63, 3.8) is 0 Å². The van der Waals surface area contributed by atoms with Gasteiger partial charge < -0.3 is 10.2 Å². The van der Waals surface area contributed by atoms with Crippen molar-refractivity contribution in [3.05, 3.63) is 84.9 Å². The first-order valence-corrected chi connectivity index (χ1v) is 10.8. The highest BCUT2D eigenvalue weighted by atomic mass is 16.3. The summed E-state index contributed by atoms with van der Waals surface area (Å²) >= 11 is 0. The second-order valence-electron chi connectivity index (χ2n) is 8.81. The molecule has 0 heterocycles. The van der Waals surface area contributed by atoms with E-state index in [1.54, 1.807) is 0 Å². The van der Waals surface area contributed by atoms with Crippen molar-refractivity contribution in [1.82, 2.24) is 0 Å². The molecule has 0 aromatic heterocycles. The van der Waals surface area contributed by atoms with Crippen LogP contribution in [0, 0.1) is 0 Å². The summed E-state index contributed by atoms with van der Waals surface area (Å²) in [7, 11) is 0. The molecule has 8 rings (SSSR count). The SMILES string of the molecule is Oc1c2ccccc2c2cc3ccc4c(O)c5ccccc5c5cc6ccc1c2c6c3c45. The molecule has 0 aliphatic heterocycles. The number of phenols is 2. The molecule has 0 aliphatic rings. The van der Waals surface area contributed by atoms with Gasteiger partial charge in [0.15, 0.2) is 0 Å². The van der Waals surface area contributed by atoms with Gasteiger partial charge in [0.1, 0.15) is 11.5 Å². The molecule has 2 heteroatoms. The predicted molar refractivity (Wildman–Crippen MR) is 135 cm³/mol. The molecule has 0 fully saturated rings. The lowest BCUT2D eigenvalue weighted by atomic mass is 9.83. The van der Waals surface area contributed by atoms with Gasteiger partial charge in [-0.2, -0.15) is 0 Å². The molecule has 148 valence electrons. The van der Waals surface area contributed by atoms with Crippen molar-refractivity contribution < 1.29 is 10.2 Å². The molecular weight excluding hydrogens is 392 g/mol. The molecular formula is C30H16O2. The number of benzene rings is 8. The highest BCUT2D eigenvalue weighted by Crippen LogP contribution is 2.50. The smallest absolute Gasteiger partial charge is 0.131 e. The number of fused-ring (bicyclic) bond motifs is 4. The second-order valence-corrected chi connectivity index (χ2v) is 8.81. The highest BCUT2D eigenvalue weighted by molar-refractivity contribution is 6.42. The third-order valence-electron chi connectivity index (χ3n) is 7.32. The van der Waals surface area contributed by atoms with E-state index in [2.05, 4.69) is 36.4 Å². The molecule has 0 bridgehead atoms. The summed E-state index contributed by atoms with van der Waals surface area (Å²) in [6.45, 7) is 0. The van der Waals surface area contributed by atoms with Crippen LogP contribution in [0.1, 0.15) is 0 Å². The fourth-order valence-corrected chi connectivity index (χ4v) is 5.99. The van der Waals surface area contributed by atoms with E-state index in [9.17, 15) is 10.2 Å². The summed E-state index contributed by atoms with van der Waals surface area (Å²) in [5.74, 6) is 0.664. The van der Waals surface area contributed by atoms with E-state index in [0.717, 1.165) is 75.4 Å². The molecule has 0 saturated carbocycles. The van der Waals surface area contributed by atoms with Crippen LogP contribution in [0.3, 0.4) is 0 Å². The molecule has 2 nitrogen and oxygen atoms in total. The van der Waals surface area contributed by atoms with E-state index in [1.807, 2.05) is 48.5 Å². The summed E-state index contributed by atoms with van der Waals surface area (Å²) < 4.78 is 0. The number of rotatable bonds is 0. The van der Waals surface area contributed by atoms with Crippen molar-refractivity contribution in [1.29, 1.82) is 0 Å². The Bertz CT molecular complexity index is 1900. The van der Waals surface area contributed by atoms with Crippen molar-refractivity contribution in [2.24, 2.45) is 0 Å². The Kier molecular flexibility index (Phi) is 2.71. The number of hydrogen-bond donors (Lipinski definition) is 2. The van der Waals surface area contributed by atoms with Gasteiger partial charge in [-0.05, 0) is 67.4 Å². The third kappa shape index (κ3) is 1.71. The van der Waals surface area contributed by atoms with Crippen LogP contribution in [0.15, 0.2) is 84.9 Å². The Morgan fingerprint density at radius 1 is 0.344 bits per heavy atom. The number of phenolic OH excluding ortho intramolecular Hbond substituents is 2. The van der Waals surface area contributed by atoms with Crippen molar-refractivity contribution in [3.8, 4) is 11.5 Å². The zero-order valence-electron chi connectivity index (χ0n) is 17.0. The van der Waals surface area contributed by atoms with Crippen LogP contribution in [0.25, 0.3) is 75.4 Å². The standard InChI is InChI=1S/C30H16O2/c31-29-19-7-3-1-5-17(19)23-13-15-9-12-22-28-24(18-6-2-4-8-20(18)30(22)32)14-16-10-11-21(29)27(23)25(16)26(15)28/h1-14,31-32H. The van der Waals surface area contributed by atoms with Crippen molar-refractivity contribution in [2.45, 2.75) is 0 Å². The van der Waals surface area contributed by atoms with Gasteiger partial charge in [0.2, 0.25) is 0 Å². The van der Waals surface area contributed by atoms with E-state index in [1.165, 1.54) is 0 Å². The second kappa shape index (κ2) is 5.30. The van der Waals surface area contributed by atoms with E-state index >= 15 is 0 Å². The monoisotopic (exact) mass is 408 g/mol. The molecule has 0 amide bonds. The van der Waals surface area contributed by atoms with Gasteiger partial charge >= 0.3 is 0 Å². The van der Waals surface area contributed by atoms with Gasteiger partial charge in [-0.15, -0.1) is 0 Å². The van der Waals surface area contributed by atoms with Crippen LogP contribution < -0.4 is 0 Å². The van der Waals surface area contributed by atoms with E-state index in [4.69, 9.17) is 0 Å². The summed E-state index contributed by atoms with van der Waals surface area (Å²) in [5.41, 5.74) is 0. The molecule has 8 aromatic carbocycles. The summed E-state index contributed by atoms with van der Waals surface area (Å²) in [6, 6.07) is 29.0. The maximum Gasteiger partial charge on any atom is 0.131 e. The molecule has 0 aliphatic carbocycles. The maximum atomic E-state index is 11.2. The highest BCUT2D eigenvalue weighted by Gasteiger charge is 2.21. The Hall–Kier alpha value is -4.30. The van der Waals surface area contributed by atoms with Crippen LogP contribution in [-0.2, 0) is 0 Å². The minimum atomic E-state index is 0.332.